The first-order valence-corrected chi connectivity index (χ1v) is 3.43. The van der Waals surface area contributed by atoms with E-state index in [4.69, 9.17) is 12.2 Å². The first-order valence-electron chi connectivity index (χ1n) is 3.02. The lowest BCUT2D eigenvalue weighted by molar-refractivity contribution is 0.464. The summed E-state index contributed by atoms with van der Waals surface area (Å²) in [5.74, 6) is 5.70. The molecule has 0 aliphatic carbocycles. The Bertz CT molecular complexity index is 164. The Morgan fingerprint density at radius 1 is 1.60 bits per heavy atom. The Balaban J connectivity index is 3.59. The van der Waals surface area contributed by atoms with Crippen LogP contribution in [0.15, 0.2) is 0 Å². The maximum absolute atomic E-state index is 4.80. The van der Waals surface area contributed by atoms with E-state index in [9.17, 15) is 0 Å². The van der Waals surface area contributed by atoms with E-state index in [0.29, 0.717) is 4.99 Å². The Labute approximate surface area is 67.6 Å². The molecule has 0 unspecified atom stereocenters. The Morgan fingerprint density at radius 2 is 2.20 bits per heavy atom. The zero-order chi connectivity index (χ0) is 7.98. The summed E-state index contributed by atoms with van der Waals surface area (Å²) in [4.78, 5) is 2.59. The molecule has 0 saturated carbocycles. The van der Waals surface area contributed by atoms with E-state index in [0.717, 1.165) is 6.54 Å². The van der Waals surface area contributed by atoms with Gasteiger partial charge >= 0.3 is 0 Å². The molecule has 0 aliphatic heterocycles. The van der Waals surface area contributed by atoms with Gasteiger partial charge in [0.15, 0.2) is 4.99 Å². The highest BCUT2D eigenvalue weighted by Gasteiger charge is 1.82. The third-order valence-corrected chi connectivity index (χ3v) is 1.13. The van der Waals surface area contributed by atoms with Crippen LogP contribution in [0.4, 0.5) is 0 Å². The molecular weight excluding hydrogens is 144 g/mol. The lowest BCUT2D eigenvalue weighted by Gasteiger charge is -2.00. The van der Waals surface area contributed by atoms with Gasteiger partial charge in [-0.3, -0.25) is 4.90 Å². The average molecular weight is 156 g/mol. The minimum Gasteiger partial charge on any atom is -0.372 e. The third kappa shape index (κ3) is 5.54. The van der Waals surface area contributed by atoms with Crippen LogP contribution >= 0.6 is 12.2 Å². The van der Waals surface area contributed by atoms with Crippen molar-refractivity contribution in [3.8, 4) is 11.8 Å². The number of nitrogens with one attached hydrogen (secondary N) is 1. The van der Waals surface area contributed by atoms with Crippen molar-refractivity contribution in [1.29, 1.82) is 0 Å². The zero-order valence-electron chi connectivity index (χ0n) is 6.56. The van der Waals surface area contributed by atoms with Crippen LogP contribution < -0.4 is 5.32 Å². The molecule has 0 fully saturated rings. The van der Waals surface area contributed by atoms with Gasteiger partial charge in [0, 0.05) is 7.05 Å². The van der Waals surface area contributed by atoms with Gasteiger partial charge in [0.2, 0.25) is 0 Å². The van der Waals surface area contributed by atoms with Gasteiger partial charge in [0.05, 0.1) is 6.54 Å². The fourth-order valence-corrected chi connectivity index (χ4v) is 0.413. The molecule has 0 aliphatic rings. The molecule has 0 aromatic rings. The normalized spacial score (nSPS) is 8.40. The van der Waals surface area contributed by atoms with Crippen LogP contribution in [0.3, 0.4) is 0 Å². The molecule has 0 aromatic carbocycles. The van der Waals surface area contributed by atoms with Crippen molar-refractivity contribution in [2.75, 3.05) is 27.7 Å². The van der Waals surface area contributed by atoms with E-state index in [1.807, 2.05) is 19.0 Å². The van der Waals surface area contributed by atoms with Crippen LogP contribution in [0.5, 0.6) is 0 Å². The van der Waals surface area contributed by atoms with Gasteiger partial charge in [-0.25, -0.2) is 0 Å². The molecule has 0 atom stereocenters. The van der Waals surface area contributed by atoms with Crippen LogP contribution in [0.25, 0.3) is 0 Å². The predicted molar refractivity (Wildman–Crippen MR) is 48.0 cm³/mol. The van der Waals surface area contributed by atoms with E-state index < -0.39 is 0 Å². The summed E-state index contributed by atoms with van der Waals surface area (Å²) >= 11 is 4.80. The van der Waals surface area contributed by atoms with E-state index in [1.165, 1.54) is 0 Å². The summed E-state index contributed by atoms with van der Waals surface area (Å²) in [6, 6.07) is 0. The number of hydrogen-bond acceptors (Lipinski definition) is 2. The molecule has 0 bridgehead atoms. The summed E-state index contributed by atoms with van der Waals surface area (Å²) in [6.45, 7) is 0.752. The minimum absolute atomic E-state index is 0.599. The second-order valence-corrected chi connectivity index (χ2v) is 2.53. The summed E-state index contributed by atoms with van der Waals surface area (Å²) in [6.07, 6.45) is 0. The minimum atomic E-state index is 0.599. The smallest absolute Gasteiger partial charge is 0.150 e. The lowest BCUT2D eigenvalue weighted by Crippen LogP contribution is -2.14. The zero-order valence-corrected chi connectivity index (χ0v) is 7.38. The second kappa shape index (κ2) is 5.21. The molecule has 0 spiro atoms. The van der Waals surface area contributed by atoms with Crippen LogP contribution in [-0.2, 0) is 0 Å². The number of thiocarbonyl (C=S) groups is 1. The Kier molecular flexibility index (Phi) is 4.91. The molecule has 0 amide bonds. The van der Waals surface area contributed by atoms with Crippen LogP contribution in [0, 0.1) is 11.8 Å². The Hall–Kier alpha value is -0.590. The molecule has 56 valence electrons. The van der Waals surface area contributed by atoms with E-state index in [2.05, 4.69) is 17.2 Å². The fourth-order valence-electron chi connectivity index (χ4n) is 0.340. The molecule has 3 heteroatoms. The van der Waals surface area contributed by atoms with E-state index >= 15 is 0 Å². The average Bonchev–Trinajstić information content (AvgIpc) is 1.87. The van der Waals surface area contributed by atoms with Crippen molar-refractivity contribution in [1.82, 2.24) is 10.2 Å². The quantitative estimate of drug-likeness (QED) is 0.428. The van der Waals surface area contributed by atoms with Crippen molar-refractivity contribution in [2.45, 2.75) is 0 Å². The van der Waals surface area contributed by atoms with Gasteiger partial charge < -0.3 is 5.32 Å². The van der Waals surface area contributed by atoms with Crippen molar-refractivity contribution in [3.63, 3.8) is 0 Å². The highest BCUT2D eigenvalue weighted by molar-refractivity contribution is 7.80. The van der Waals surface area contributed by atoms with Gasteiger partial charge in [-0.15, -0.1) is 0 Å². The Morgan fingerprint density at radius 3 is 2.60 bits per heavy atom. The first kappa shape index (κ1) is 9.41. The fraction of sp³-hybridized carbons (Fsp3) is 0.571. The monoisotopic (exact) mass is 156 g/mol. The van der Waals surface area contributed by atoms with Crippen molar-refractivity contribution >= 4 is 17.2 Å². The first-order chi connectivity index (χ1) is 4.66. The van der Waals surface area contributed by atoms with Crippen molar-refractivity contribution in [3.05, 3.63) is 0 Å². The molecule has 10 heavy (non-hydrogen) atoms. The topological polar surface area (TPSA) is 15.3 Å². The van der Waals surface area contributed by atoms with E-state index in [-0.39, 0.29) is 0 Å². The molecule has 2 nitrogen and oxygen atoms in total. The number of rotatable bonds is 1. The maximum atomic E-state index is 4.80. The predicted octanol–water partition coefficient (Wildman–Crippen LogP) is 0.0982. The standard InChI is InChI=1S/C7H12N2S/c1-8-7(10)5-4-6-9(2)3/h6H2,1-3H3,(H,8,10). The van der Waals surface area contributed by atoms with Crippen LogP contribution in [0.1, 0.15) is 0 Å². The highest BCUT2D eigenvalue weighted by atomic mass is 32.1. The van der Waals surface area contributed by atoms with Gasteiger partial charge in [-0.2, -0.15) is 0 Å². The van der Waals surface area contributed by atoms with Gasteiger partial charge in [-0.1, -0.05) is 18.1 Å². The SMILES string of the molecule is CNC(=S)C#CCN(C)C. The van der Waals surface area contributed by atoms with Gasteiger partial charge in [0.1, 0.15) is 0 Å². The molecule has 0 aromatic heterocycles. The van der Waals surface area contributed by atoms with E-state index in [1.54, 1.807) is 7.05 Å². The van der Waals surface area contributed by atoms with Crippen molar-refractivity contribution < 1.29 is 0 Å². The van der Waals surface area contributed by atoms with Gasteiger partial charge in [-0.05, 0) is 20.0 Å². The second-order valence-electron chi connectivity index (χ2n) is 2.12. The highest BCUT2D eigenvalue weighted by Crippen LogP contribution is 1.70. The molecule has 0 rings (SSSR count). The molecule has 1 N–H and O–H groups in total. The maximum Gasteiger partial charge on any atom is 0.150 e. The molecular formula is C7H12N2S. The van der Waals surface area contributed by atoms with Gasteiger partial charge in [0.25, 0.3) is 0 Å². The summed E-state index contributed by atoms with van der Waals surface area (Å²) in [7, 11) is 5.71. The number of nitrogens with zero attached hydrogens (tertiary/aromatic N) is 1. The molecule has 0 saturated heterocycles. The summed E-state index contributed by atoms with van der Waals surface area (Å²) < 4.78 is 0. The summed E-state index contributed by atoms with van der Waals surface area (Å²) in [5, 5.41) is 2.78. The number of hydrogen-bond donors (Lipinski definition) is 1. The molecule has 0 heterocycles. The lowest BCUT2D eigenvalue weighted by atomic mass is 10.5. The van der Waals surface area contributed by atoms with Crippen LogP contribution in [-0.4, -0.2) is 37.6 Å². The van der Waals surface area contributed by atoms with Crippen LogP contribution in [0.2, 0.25) is 0 Å². The van der Waals surface area contributed by atoms with Crippen molar-refractivity contribution in [2.24, 2.45) is 0 Å². The largest absolute Gasteiger partial charge is 0.372 e. The third-order valence-electron chi connectivity index (χ3n) is 0.824. The molecule has 0 radical (unpaired) electrons. The summed E-state index contributed by atoms with van der Waals surface area (Å²) in [5.41, 5.74) is 0.